The second-order valence-electron chi connectivity index (χ2n) is 6.59. The Hall–Kier alpha value is -1.36. The first kappa shape index (κ1) is 14.6. The van der Waals surface area contributed by atoms with E-state index in [-0.39, 0.29) is 5.56 Å². The van der Waals surface area contributed by atoms with Gasteiger partial charge < -0.3 is 10.2 Å². The second kappa shape index (κ2) is 6.60. The second-order valence-corrected chi connectivity index (χ2v) is 6.59. The number of hydrogen-bond acceptors (Lipinski definition) is 4. The molecule has 1 N–H and O–H groups in total. The fourth-order valence-corrected chi connectivity index (χ4v) is 2.84. The molecule has 1 aliphatic carbocycles. The van der Waals surface area contributed by atoms with Gasteiger partial charge in [0.15, 0.2) is 0 Å². The van der Waals surface area contributed by atoms with E-state index in [2.05, 4.69) is 22.2 Å². The third-order valence-corrected chi connectivity index (χ3v) is 4.63. The quantitative estimate of drug-likeness (QED) is 0.806. The van der Waals surface area contributed by atoms with E-state index in [9.17, 15) is 4.79 Å². The summed E-state index contributed by atoms with van der Waals surface area (Å²) in [6, 6.07) is 1.74. The molecule has 2 heterocycles. The molecule has 0 aromatic carbocycles. The normalized spacial score (nSPS) is 20.0. The Morgan fingerprint density at radius 2 is 2.05 bits per heavy atom. The van der Waals surface area contributed by atoms with Crippen LogP contribution in [0.2, 0.25) is 0 Å². The SMILES string of the molecule is CC1CCN(c2cnn(CCNCC3CC3)c(=O)c2)CC1. The standard InChI is InChI=1S/C16H26N4O/c1-13-4-7-19(8-5-13)15-10-16(21)20(18-12-15)9-6-17-11-14-2-3-14/h10,12-14,17H,2-9,11H2,1H3. The van der Waals surface area contributed by atoms with Crippen LogP contribution < -0.4 is 15.8 Å². The van der Waals surface area contributed by atoms with Crippen molar-refractivity contribution in [2.24, 2.45) is 11.8 Å². The molecule has 1 aromatic heterocycles. The van der Waals surface area contributed by atoms with Crippen LogP contribution >= 0.6 is 0 Å². The van der Waals surface area contributed by atoms with E-state index in [0.717, 1.165) is 43.7 Å². The molecule has 0 atom stereocenters. The van der Waals surface area contributed by atoms with Crippen molar-refractivity contribution in [2.45, 2.75) is 39.2 Å². The van der Waals surface area contributed by atoms with Crippen LogP contribution in [0, 0.1) is 11.8 Å². The van der Waals surface area contributed by atoms with Crippen LogP contribution in [0.4, 0.5) is 5.69 Å². The Labute approximate surface area is 126 Å². The van der Waals surface area contributed by atoms with E-state index in [4.69, 9.17) is 0 Å². The Bertz CT molecular complexity index is 515. The lowest BCUT2D eigenvalue weighted by atomic mass is 9.99. The summed E-state index contributed by atoms with van der Waals surface area (Å²) in [5.74, 6) is 1.67. The lowest BCUT2D eigenvalue weighted by Gasteiger charge is -2.31. The van der Waals surface area contributed by atoms with Crippen molar-refractivity contribution in [3.05, 3.63) is 22.6 Å². The molecule has 1 aliphatic heterocycles. The van der Waals surface area contributed by atoms with E-state index in [1.54, 1.807) is 10.7 Å². The minimum atomic E-state index is 0.0133. The van der Waals surface area contributed by atoms with E-state index < -0.39 is 0 Å². The van der Waals surface area contributed by atoms with Crippen LogP contribution in [-0.4, -0.2) is 36.0 Å². The van der Waals surface area contributed by atoms with Crippen molar-refractivity contribution in [3.8, 4) is 0 Å². The molecule has 1 saturated heterocycles. The molecule has 2 aliphatic rings. The van der Waals surface area contributed by atoms with Gasteiger partial charge in [-0.15, -0.1) is 0 Å². The average molecular weight is 290 g/mol. The highest BCUT2D eigenvalue weighted by Gasteiger charge is 2.20. The van der Waals surface area contributed by atoms with Gasteiger partial charge >= 0.3 is 0 Å². The molecular formula is C16H26N4O. The summed E-state index contributed by atoms with van der Waals surface area (Å²) in [6.07, 6.45) is 6.96. The van der Waals surface area contributed by atoms with Gasteiger partial charge in [-0.3, -0.25) is 4.79 Å². The molecule has 3 rings (SSSR count). The summed E-state index contributed by atoms with van der Waals surface area (Å²) in [4.78, 5) is 14.4. The van der Waals surface area contributed by atoms with Crippen LogP contribution in [0.25, 0.3) is 0 Å². The first-order valence-corrected chi connectivity index (χ1v) is 8.25. The van der Waals surface area contributed by atoms with Gasteiger partial charge in [0.2, 0.25) is 0 Å². The van der Waals surface area contributed by atoms with Crippen molar-refractivity contribution in [2.75, 3.05) is 31.1 Å². The Morgan fingerprint density at radius 3 is 2.71 bits per heavy atom. The Kier molecular flexibility index (Phi) is 4.58. The van der Waals surface area contributed by atoms with Crippen molar-refractivity contribution in [3.63, 3.8) is 0 Å². The molecule has 0 bridgehead atoms. The maximum atomic E-state index is 12.1. The summed E-state index contributed by atoms with van der Waals surface area (Å²) in [6.45, 7) is 6.93. The van der Waals surface area contributed by atoms with Gasteiger partial charge in [0.25, 0.3) is 5.56 Å². The molecule has 116 valence electrons. The molecule has 2 fully saturated rings. The molecule has 21 heavy (non-hydrogen) atoms. The topological polar surface area (TPSA) is 50.2 Å². The van der Waals surface area contributed by atoms with Gasteiger partial charge in [0.05, 0.1) is 18.4 Å². The number of hydrogen-bond donors (Lipinski definition) is 1. The summed E-state index contributed by atoms with van der Waals surface area (Å²) in [5, 5.41) is 7.72. The van der Waals surface area contributed by atoms with E-state index in [0.29, 0.717) is 6.54 Å². The largest absolute Gasteiger partial charge is 0.370 e. The van der Waals surface area contributed by atoms with E-state index >= 15 is 0 Å². The minimum absolute atomic E-state index is 0.0133. The smallest absolute Gasteiger partial charge is 0.268 e. The van der Waals surface area contributed by atoms with Crippen LogP contribution in [0.3, 0.4) is 0 Å². The summed E-state index contributed by atoms with van der Waals surface area (Å²) in [5.41, 5.74) is 0.994. The zero-order valence-corrected chi connectivity index (χ0v) is 12.9. The lowest BCUT2D eigenvalue weighted by Crippen LogP contribution is -2.35. The lowest BCUT2D eigenvalue weighted by molar-refractivity contribution is 0.437. The van der Waals surface area contributed by atoms with Crippen molar-refractivity contribution >= 4 is 5.69 Å². The molecule has 0 radical (unpaired) electrons. The highest BCUT2D eigenvalue weighted by molar-refractivity contribution is 5.43. The summed E-state index contributed by atoms with van der Waals surface area (Å²) in [7, 11) is 0. The average Bonchev–Trinajstić information content (AvgIpc) is 3.30. The van der Waals surface area contributed by atoms with Gasteiger partial charge in [0, 0.05) is 25.7 Å². The van der Waals surface area contributed by atoms with Crippen molar-refractivity contribution in [1.29, 1.82) is 0 Å². The van der Waals surface area contributed by atoms with Crippen LogP contribution in [0.1, 0.15) is 32.6 Å². The highest BCUT2D eigenvalue weighted by atomic mass is 16.1. The molecule has 0 unspecified atom stereocenters. The molecular weight excluding hydrogens is 264 g/mol. The van der Waals surface area contributed by atoms with Crippen molar-refractivity contribution < 1.29 is 0 Å². The molecule has 1 aromatic rings. The summed E-state index contributed by atoms with van der Waals surface area (Å²) < 4.78 is 1.57. The van der Waals surface area contributed by atoms with Gasteiger partial charge in [-0.1, -0.05) is 6.92 Å². The third kappa shape index (κ3) is 4.06. The summed E-state index contributed by atoms with van der Waals surface area (Å²) >= 11 is 0. The van der Waals surface area contributed by atoms with E-state index in [1.807, 2.05) is 6.20 Å². The fraction of sp³-hybridized carbons (Fsp3) is 0.750. The zero-order valence-electron chi connectivity index (χ0n) is 12.9. The first-order chi connectivity index (χ1) is 10.2. The minimum Gasteiger partial charge on any atom is -0.370 e. The number of nitrogens with one attached hydrogen (secondary N) is 1. The van der Waals surface area contributed by atoms with Gasteiger partial charge in [0.1, 0.15) is 0 Å². The number of nitrogens with zero attached hydrogens (tertiary/aromatic N) is 3. The zero-order chi connectivity index (χ0) is 14.7. The van der Waals surface area contributed by atoms with Crippen LogP contribution in [0.5, 0.6) is 0 Å². The fourth-order valence-electron chi connectivity index (χ4n) is 2.84. The van der Waals surface area contributed by atoms with Crippen LogP contribution in [-0.2, 0) is 6.54 Å². The molecule has 0 spiro atoms. The Balaban J connectivity index is 1.53. The Morgan fingerprint density at radius 1 is 1.29 bits per heavy atom. The van der Waals surface area contributed by atoms with Gasteiger partial charge in [-0.25, -0.2) is 4.68 Å². The van der Waals surface area contributed by atoms with E-state index in [1.165, 1.54) is 25.7 Å². The molecule has 5 nitrogen and oxygen atoms in total. The first-order valence-electron chi connectivity index (χ1n) is 8.25. The predicted octanol–water partition coefficient (Wildman–Crippen LogP) is 1.48. The number of rotatable bonds is 6. The number of piperidine rings is 1. The molecule has 0 amide bonds. The number of aromatic nitrogens is 2. The third-order valence-electron chi connectivity index (χ3n) is 4.63. The maximum Gasteiger partial charge on any atom is 0.268 e. The monoisotopic (exact) mass is 290 g/mol. The van der Waals surface area contributed by atoms with Crippen LogP contribution in [0.15, 0.2) is 17.1 Å². The van der Waals surface area contributed by atoms with Gasteiger partial charge in [-0.05, 0) is 44.1 Å². The molecule has 1 saturated carbocycles. The van der Waals surface area contributed by atoms with Crippen molar-refractivity contribution in [1.82, 2.24) is 15.1 Å². The highest BCUT2D eigenvalue weighted by Crippen LogP contribution is 2.27. The maximum absolute atomic E-state index is 12.1. The number of anilines is 1. The molecule has 5 heteroatoms. The van der Waals surface area contributed by atoms with Gasteiger partial charge in [-0.2, -0.15) is 5.10 Å². The predicted molar refractivity (Wildman–Crippen MR) is 84.7 cm³/mol.